The van der Waals surface area contributed by atoms with E-state index in [2.05, 4.69) is 5.32 Å². The third kappa shape index (κ3) is 3.37. The van der Waals surface area contributed by atoms with Crippen LogP contribution in [0.4, 0.5) is 0 Å². The van der Waals surface area contributed by atoms with Gasteiger partial charge < -0.3 is 10.4 Å². The molecule has 1 aliphatic heterocycles. The highest BCUT2D eigenvalue weighted by Gasteiger charge is 2.16. The molecule has 1 heterocycles. The zero-order valence-electron chi connectivity index (χ0n) is 6.75. The Labute approximate surface area is 66.8 Å². The number of hydrogen-bond acceptors (Lipinski definition) is 1. The van der Waals surface area contributed by atoms with Crippen molar-refractivity contribution in [3.05, 3.63) is 0 Å². The van der Waals surface area contributed by atoms with Gasteiger partial charge in [-0.15, -0.1) is 0 Å². The first-order valence-electron chi connectivity index (χ1n) is 4.32. The third-order valence-electron chi connectivity index (χ3n) is 2.29. The smallest absolute Gasteiger partial charge is 0.303 e. The van der Waals surface area contributed by atoms with Crippen LogP contribution >= 0.6 is 0 Å². The summed E-state index contributed by atoms with van der Waals surface area (Å²) in [6.07, 6.45) is 3.69. The van der Waals surface area contributed by atoms with Gasteiger partial charge in [0.25, 0.3) is 0 Å². The Balaban J connectivity index is 2.09. The summed E-state index contributed by atoms with van der Waals surface area (Å²) in [7, 11) is 0. The van der Waals surface area contributed by atoms with Crippen LogP contribution in [0.25, 0.3) is 0 Å². The lowest BCUT2D eigenvalue weighted by Gasteiger charge is -2.18. The highest BCUT2D eigenvalue weighted by molar-refractivity contribution is 5.66. The van der Waals surface area contributed by atoms with E-state index in [1.807, 2.05) is 0 Å². The largest absolute Gasteiger partial charge is 0.481 e. The fourth-order valence-electron chi connectivity index (χ4n) is 1.61. The van der Waals surface area contributed by atoms with Crippen LogP contribution in [0.3, 0.4) is 0 Å². The predicted octanol–water partition coefficient (Wildman–Crippen LogP) is -0.175. The number of aliphatic carboxylic acids is 1. The molecule has 0 bridgehead atoms. The van der Waals surface area contributed by atoms with Gasteiger partial charge in [-0.3, -0.25) is 4.79 Å². The van der Waals surface area contributed by atoms with Crippen LogP contribution < -0.4 is 5.32 Å². The van der Waals surface area contributed by atoms with E-state index >= 15 is 0 Å². The fraction of sp³-hybridized carbons (Fsp3) is 0.875. The molecular weight excluding hydrogens is 142 g/mol. The number of quaternary nitrogens is 1. The second-order valence-corrected chi connectivity index (χ2v) is 3.25. The zero-order valence-corrected chi connectivity index (χ0v) is 6.75. The molecular formula is C8H16NO2+. The first-order chi connectivity index (χ1) is 5.29. The van der Waals surface area contributed by atoms with Crippen molar-refractivity contribution in [2.24, 2.45) is 5.92 Å². The van der Waals surface area contributed by atoms with Crippen molar-refractivity contribution in [2.75, 3.05) is 13.1 Å². The minimum atomic E-state index is -0.657. The normalized spacial score (nSPS) is 24.9. The van der Waals surface area contributed by atoms with Gasteiger partial charge in [0, 0.05) is 12.3 Å². The first-order valence-corrected chi connectivity index (χ1v) is 4.32. The molecule has 1 rings (SSSR count). The van der Waals surface area contributed by atoms with Gasteiger partial charge in [-0.25, -0.2) is 0 Å². The zero-order chi connectivity index (χ0) is 8.10. The van der Waals surface area contributed by atoms with Crippen molar-refractivity contribution in [1.82, 2.24) is 0 Å². The molecule has 3 heteroatoms. The number of carbonyl (C=O) groups is 1. The Kier molecular flexibility index (Phi) is 3.36. The highest BCUT2D eigenvalue weighted by atomic mass is 16.4. The maximum atomic E-state index is 10.2. The van der Waals surface area contributed by atoms with E-state index in [0.29, 0.717) is 12.3 Å². The van der Waals surface area contributed by atoms with Crippen LogP contribution in [0.2, 0.25) is 0 Å². The van der Waals surface area contributed by atoms with E-state index in [9.17, 15) is 4.79 Å². The minimum absolute atomic E-state index is 0.346. The van der Waals surface area contributed by atoms with E-state index in [4.69, 9.17) is 5.11 Å². The molecule has 0 saturated carbocycles. The second kappa shape index (κ2) is 4.34. The Morgan fingerprint density at radius 2 is 2.45 bits per heavy atom. The summed E-state index contributed by atoms with van der Waals surface area (Å²) < 4.78 is 0. The van der Waals surface area contributed by atoms with E-state index in [-0.39, 0.29) is 0 Å². The van der Waals surface area contributed by atoms with E-state index in [1.54, 1.807) is 0 Å². The molecule has 0 unspecified atom stereocenters. The van der Waals surface area contributed by atoms with Crippen molar-refractivity contribution in [2.45, 2.75) is 25.7 Å². The molecule has 0 aromatic carbocycles. The standard InChI is InChI=1S/C8H15NO2/c10-8(11)4-3-7-2-1-5-9-6-7/h7,9H,1-6H2,(H,10,11)/p+1/t7-/m1/s1. The summed E-state index contributed by atoms with van der Waals surface area (Å²) in [5.74, 6) is -0.00424. The Morgan fingerprint density at radius 1 is 1.64 bits per heavy atom. The van der Waals surface area contributed by atoms with Gasteiger partial charge in [0.1, 0.15) is 0 Å². The summed E-state index contributed by atoms with van der Waals surface area (Å²) in [6, 6.07) is 0. The third-order valence-corrected chi connectivity index (χ3v) is 2.29. The average Bonchev–Trinajstić information content (AvgIpc) is 2.03. The number of carboxylic acids is 1. The number of rotatable bonds is 3. The summed E-state index contributed by atoms with van der Waals surface area (Å²) in [6.45, 7) is 2.36. The molecule has 0 amide bonds. The molecule has 1 fully saturated rings. The molecule has 0 spiro atoms. The molecule has 0 radical (unpaired) electrons. The molecule has 0 aromatic heterocycles. The van der Waals surface area contributed by atoms with Crippen LogP contribution in [0.15, 0.2) is 0 Å². The van der Waals surface area contributed by atoms with Gasteiger partial charge in [-0.1, -0.05) is 0 Å². The first kappa shape index (κ1) is 8.53. The Bertz CT molecular complexity index is 130. The van der Waals surface area contributed by atoms with E-state index in [0.717, 1.165) is 13.0 Å². The van der Waals surface area contributed by atoms with E-state index in [1.165, 1.54) is 19.4 Å². The molecule has 0 aromatic rings. The molecule has 3 nitrogen and oxygen atoms in total. The number of piperidine rings is 1. The topological polar surface area (TPSA) is 53.9 Å². The lowest BCUT2D eigenvalue weighted by molar-refractivity contribution is -0.669. The van der Waals surface area contributed by atoms with Crippen molar-refractivity contribution in [3.63, 3.8) is 0 Å². The number of hydrogen-bond donors (Lipinski definition) is 2. The molecule has 0 aliphatic carbocycles. The van der Waals surface area contributed by atoms with Crippen LogP contribution in [-0.2, 0) is 4.79 Å². The van der Waals surface area contributed by atoms with Crippen molar-refractivity contribution < 1.29 is 15.2 Å². The maximum absolute atomic E-state index is 10.2. The number of nitrogens with two attached hydrogens (primary N) is 1. The summed E-state index contributed by atoms with van der Waals surface area (Å²) >= 11 is 0. The summed E-state index contributed by atoms with van der Waals surface area (Å²) in [5, 5.41) is 10.7. The van der Waals surface area contributed by atoms with Gasteiger partial charge in [0.15, 0.2) is 0 Å². The van der Waals surface area contributed by atoms with E-state index < -0.39 is 5.97 Å². The van der Waals surface area contributed by atoms with Gasteiger partial charge >= 0.3 is 5.97 Å². The number of carboxylic acid groups (broad SMARTS) is 1. The average molecular weight is 158 g/mol. The summed E-state index contributed by atoms with van der Waals surface area (Å²) in [5.41, 5.74) is 0. The lowest BCUT2D eigenvalue weighted by atomic mass is 9.95. The monoisotopic (exact) mass is 158 g/mol. The van der Waals surface area contributed by atoms with Gasteiger partial charge in [-0.2, -0.15) is 0 Å². The van der Waals surface area contributed by atoms with Crippen LogP contribution in [0, 0.1) is 5.92 Å². The second-order valence-electron chi connectivity index (χ2n) is 3.25. The molecule has 64 valence electrons. The fourth-order valence-corrected chi connectivity index (χ4v) is 1.61. The van der Waals surface area contributed by atoms with Crippen molar-refractivity contribution in [1.29, 1.82) is 0 Å². The SMILES string of the molecule is O=C(O)CC[C@H]1CCC[NH2+]C1. The lowest BCUT2D eigenvalue weighted by Crippen LogP contribution is -2.87. The quantitative estimate of drug-likeness (QED) is 0.599. The molecule has 1 saturated heterocycles. The molecule has 3 N–H and O–H groups in total. The van der Waals surface area contributed by atoms with Gasteiger partial charge in [0.2, 0.25) is 0 Å². The Hall–Kier alpha value is -0.570. The molecule has 1 aliphatic rings. The minimum Gasteiger partial charge on any atom is -0.481 e. The van der Waals surface area contributed by atoms with Crippen molar-refractivity contribution >= 4 is 5.97 Å². The maximum Gasteiger partial charge on any atom is 0.303 e. The Morgan fingerprint density at radius 3 is 3.00 bits per heavy atom. The van der Waals surface area contributed by atoms with Crippen LogP contribution in [0.1, 0.15) is 25.7 Å². The van der Waals surface area contributed by atoms with Gasteiger partial charge in [0.05, 0.1) is 13.1 Å². The summed E-state index contributed by atoms with van der Waals surface area (Å²) in [4.78, 5) is 10.2. The predicted molar refractivity (Wildman–Crippen MR) is 41.3 cm³/mol. The highest BCUT2D eigenvalue weighted by Crippen LogP contribution is 2.12. The van der Waals surface area contributed by atoms with Gasteiger partial charge in [-0.05, 0) is 19.3 Å². The van der Waals surface area contributed by atoms with Crippen molar-refractivity contribution in [3.8, 4) is 0 Å². The van der Waals surface area contributed by atoms with Crippen LogP contribution in [0.5, 0.6) is 0 Å². The van der Waals surface area contributed by atoms with Crippen LogP contribution in [-0.4, -0.2) is 24.2 Å². The molecule has 11 heavy (non-hydrogen) atoms. The molecule has 1 atom stereocenters.